The Bertz CT molecular complexity index is 892. The van der Waals surface area contributed by atoms with Gasteiger partial charge in [-0.25, -0.2) is 9.59 Å². The Morgan fingerprint density at radius 3 is 2.76 bits per heavy atom. The van der Waals surface area contributed by atoms with E-state index in [0.717, 1.165) is 16.1 Å². The molecule has 1 aromatic carbocycles. The van der Waals surface area contributed by atoms with Crippen molar-refractivity contribution in [2.75, 3.05) is 23.3 Å². The molecule has 0 bridgehead atoms. The van der Waals surface area contributed by atoms with Crippen LogP contribution in [0.5, 0.6) is 0 Å². The standard InChI is InChI=1S/C17H15N3O4S/c21-15-8-11(13-3-4-14(25-13)16(22)23)10-2-1-9(7-12(10)19-15)20-6-5-18-17(20)24/h1-4,7,11H,5-6,8H2,(H,18,24)(H,19,21)(H,22,23). The van der Waals surface area contributed by atoms with Crippen molar-refractivity contribution in [2.45, 2.75) is 12.3 Å². The number of aromatic carboxylic acids is 1. The Morgan fingerprint density at radius 2 is 2.08 bits per heavy atom. The Labute approximate surface area is 147 Å². The first-order chi connectivity index (χ1) is 12.0. The van der Waals surface area contributed by atoms with E-state index in [1.54, 1.807) is 23.1 Å². The van der Waals surface area contributed by atoms with Crippen LogP contribution in [0.1, 0.15) is 32.5 Å². The maximum atomic E-state index is 12.1. The summed E-state index contributed by atoms with van der Waals surface area (Å²) in [5.41, 5.74) is 2.33. The van der Waals surface area contributed by atoms with Crippen LogP contribution in [0.25, 0.3) is 0 Å². The number of rotatable bonds is 3. The molecule has 128 valence electrons. The number of carbonyl (C=O) groups is 3. The lowest BCUT2D eigenvalue weighted by atomic mass is 9.89. The molecule has 3 heterocycles. The first-order valence-corrected chi connectivity index (χ1v) is 8.67. The summed E-state index contributed by atoms with van der Waals surface area (Å²) < 4.78 is 0. The van der Waals surface area contributed by atoms with Crippen LogP contribution in [0.15, 0.2) is 30.3 Å². The highest BCUT2D eigenvalue weighted by Gasteiger charge is 2.30. The molecule has 1 unspecified atom stereocenters. The van der Waals surface area contributed by atoms with Gasteiger partial charge in [-0.15, -0.1) is 11.3 Å². The zero-order valence-electron chi connectivity index (χ0n) is 13.1. The molecule has 1 saturated heterocycles. The van der Waals surface area contributed by atoms with Gasteiger partial charge in [0, 0.05) is 41.7 Å². The number of anilines is 2. The molecule has 7 nitrogen and oxygen atoms in total. The van der Waals surface area contributed by atoms with Crippen molar-refractivity contribution in [1.29, 1.82) is 0 Å². The number of hydrogen-bond acceptors (Lipinski definition) is 4. The third kappa shape index (κ3) is 2.74. The third-order valence-corrected chi connectivity index (χ3v) is 5.61. The molecule has 25 heavy (non-hydrogen) atoms. The van der Waals surface area contributed by atoms with Crippen molar-refractivity contribution in [3.8, 4) is 0 Å². The van der Waals surface area contributed by atoms with Crippen LogP contribution in [0.4, 0.5) is 16.2 Å². The Kier molecular flexibility index (Phi) is 3.69. The number of urea groups is 1. The van der Waals surface area contributed by atoms with Crippen LogP contribution in [0.2, 0.25) is 0 Å². The molecule has 0 aliphatic carbocycles. The number of carboxylic acid groups (broad SMARTS) is 1. The number of carbonyl (C=O) groups excluding carboxylic acids is 2. The molecular formula is C17H15N3O4S. The lowest BCUT2D eigenvalue weighted by molar-refractivity contribution is -0.116. The largest absolute Gasteiger partial charge is 0.477 e. The van der Waals surface area contributed by atoms with Crippen molar-refractivity contribution < 1.29 is 19.5 Å². The lowest BCUT2D eigenvalue weighted by Crippen LogP contribution is -2.28. The SMILES string of the molecule is O=C1CC(c2ccc(C(=O)O)s2)c2ccc(N3CCNC3=O)cc2N1. The fourth-order valence-electron chi connectivity index (χ4n) is 3.25. The first-order valence-electron chi connectivity index (χ1n) is 7.85. The van der Waals surface area contributed by atoms with E-state index in [0.29, 0.717) is 18.8 Å². The maximum Gasteiger partial charge on any atom is 0.345 e. The summed E-state index contributed by atoms with van der Waals surface area (Å²) in [5, 5.41) is 14.7. The summed E-state index contributed by atoms with van der Waals surface area (Å²) in [6.07, 6.45) is 0.274. The van der Waals surface area contributed by atoms with Crippen LogP contribution in [-0.2, 0) is 4.79 Å². The van der Waals surface area contributed by atoms with Crippen LogP contribution >= 0.6 is 11.3 Å². The average molecular weight is 357 g/mol. The second-order valence-electron chi connectivity index (χ2n) is 5.97. The van der Waals surface area contributed by atoms with Gasteiger partial charge >= 0.3 is 12.0 Å². The van der Waals surface area contributed by atoms with E-state index < -0.39 is 5.97 Å². The summed E-state index contributed by atoms with van der Waals surface area (Å²) in [5.74, 6) is -1.26. The zero-order chi connectivity index (χ0) is 17.6. The Hall–Kier alpha value is -2.87. The third-order valence-electron chi connectivity index (χ3n) is 4.43. The fraction of sp³-hybridized carbons (Fsp3) is 0.235. The van der Waals surface area contributed by atoms with Crippen molar-refractivity contribution in [3.05, 3.63) is 45.6 Å². The van der Waals surface area contributed by atoms with E-state index in [9.17, 15) is 14.4 Å². The first kappa shape index (κ1) is 15.6. The lowest BCUT2D eigenvalue weighted by Gasteiger charge is -2.26. The molecule has 4 rings (SSSR count). The monoisotopic (exact) mass is 357 g/mol. The van der Waals surface area contributed by atoms with E-state index in [-0.39, 0.29) is 29.2 Å². The topological polar surface area (TPSA) is 98.7 Å². The van der Waals surface area contributed by atoms with Crippen LogP contribution in [0, 0.1) is 0 Å². The summed E-state index contributed by atoms with van der Waals surface area (Å²) in [7, 11) is 0. The van der Waals surface area contributed by atoms with Gasteiger partial charge in [-0.1, -0.05) is 6.07 Å². The van der Waals surface area contributed by atoms with Crippen molar-refractivity contribution in [3.63, 3.8) is 0 Å². The zero-order valence-corrected chi connectivity index (χ0v) is 13.9. The number of thiophene rings is 1. The fourth-order valence-corrected chi connectivity index (χ4v) is 4.21. The van der Waals surface area contributed by atoms with Crippen LogP contribution in [0.3, 0.4) is 0 Å². The van der Waals surface area contributed by atoms with E-state index in [4.69, 9.17) is 5.11 Å². The highest BCUT2D eigenvalue weighted by molar-refractivity contribution is 7.14. The average Bonchev–Trinajstić information content (AvgIpc) is 3.22. The maximum absolute atomic E-state index is 12.1. The summed E-state index contributed by atoms with van der Waals surface area (Å²) >= 11 is 1.19. The molecule has 0 radical (unpaired) electrons. The Balaban J connectivity index is 1.72. The second-order valence-corrected chi connectivity index (χ2v) is 7.08. The summed E-state index contributed by atoms with van der Waals surface area (Å²) in [6.45, 7) is 1.18. The quantitative estimate of drug-likeness (QED) is 0.786. The van der Waals surface area contributed by atoms with Crippen molar-refractivity contribution in [1.82, 2.24) is 5.32 Å². The van der Waals surface area contributed by atoms with E-state index >= 15 is 0 Å². The molecular weight excluding hydrogens is 342 g/mol. The molecule has 0 saturated carbocycles. The van der Waals surface area contributed by atoms with E-state index in [1.807, 2.05) is 12.1 Å². The minimum Gasteiger partial charge on any atom is -0.477 e. The molecule has 1 atom stereocenters. The van der Waals surface area contributed by atoms with E-state index in [1.165, 1.54) is 11.3 Å². The number of carboxylic acids is 1. The summed E-state index contributed by atoms with van der Waals surface area (Å²) in [6, 6.07) is 8.75. The second kappa shape index (κ2) is 5.89. The van der Waals surface area contributed by atoms with Crippen molar-refractivity contribution in [2.24, 2.45) is 0 Å². The normalized spacial score (nSPS) is 19.4. The Morgan fingerprint density at radius 1 is 1.24 bits per heavy atom. The van der Waals surface area contributed by atoms with Gasteiger partial charge in [0.05, 0.1) is 0 Å². The predicted octanol–water partition coefficient (Wildman–Crippen LogP) is 2.45. The summed E-state index contributed by atoms with van der Waals surface area (Å²) in [4.78, 5) is 37.8. The molecule has 2 aromatic rings. The number of nitrogens with zero attached hydrogens (tertiary/aromatic N) is 1. The number of amides is 3. The van der Waals surface area contributed by atoms with E-state index in [2.05, 4.69) is 10.6 Å². The molecule has 1 aromatic heterocycles. The van der Waals surface area contributed by atoms with Gasteiger partial charge in [0.2, 0.25) is 5.91 Å². The van der Waals surface area contributed by atoms with Gasteiger partial charge in [-0.05, 0) is 29.8 Å². The molecule has 1 fully saturated rings. The van der Waals surface area contributed by atoms with Crippen molar-refractivity contribution >= 4 is 40.6 Å². The van der Waals surface area contributed by atoms with Gasteiger partial charge in [-0.2, -0.15) is 0 Å². The van der Waals surface area contributed by atoms with Gasteiger partial charge in [0.1, 0.15) is 4.88 Å². The number of fused-ring (bicyclic) bond motifs is 1. The smallest absolute Gasteiger partial charge is 0.345 e. The molecule has 8 heteroatoms. The van der Waals surface area contributed by atoms with Gasteiger partial charge in [0.25, 0.3) is 0 Å². The highest BCUT2D eigenvalue weighted by atomic mass is 32.1. The minimum atomic E-state index is -0.966. The van der Waals surface area contributed by atoms with Crippen LogP contribution in [-0.4, -0.2) is 36.1 Å². The number of nitrogens with one attached hydrogen (secondary N) is 2. The molecule has 3 N–H and O–H groups in total. The number of benzene rings is 1. The van der Waals surface area contributed by atoms with Gasteiger partial charge < -0.3 is 15.7 Å². The van der Waals surface area contributed by atoms with Gasteiger partial charge in [0.15, 0.2) is 0 Å². The van der Waals surface area contributed by atoms with Crippen LogP contribution < -0.4 is 15.5 Å². The number of hydrogen-bond donors (Lipinski definition) is 3. The van der Waals surface area contributed by atoms with Gasteiger partial charge in [-0.3, -0.25) is 9.69 Å². The predicted molar refractivity (Wildman–Crippen MR) is 93.6 cm³/mol. The molecule has 2 aliphatic heterocycles. The minimum absolute atomic E-state index is 0.120. The molecule has 2 aliphatic rings. The molecule has 3 amide bonds. The molecule has 0 spiro atoms. The highest BCUT2D eigenvalue weighted by Crippen LogP contribution is 2.41.